The van der Waals surface area contributed by atoms with Gasteiger partial charge < -0.3 is 19.8 Å². The molecule has 1 saturated heterocycles. The number of methoxy groups -OCH3 is 1. The number of nitrogens with zero attached hydrogens (tertiary/aromatic N) is 3. The highest BCUT2D eigenvalue weighted by molar-refractivity contribution is 5.42. The van der Waals surface area contributed by atoms with Crippen LogP contribution in [0.4, 0.5) is 0 Å². The molecule has 0 saturated carbocycles. The van der Waals surface area contributed by atoms with E-state index in [1.54, 1.807) is 19.4 Å². The van der Waals surface area contributed by atoms with Gasteiger partial charge in [0.05, 0.1) is 12.8 Å². The number of pyridine rings is 2. The Balaban J connectivity index is 1.66. The number of hydrogen-bond donors (Lipinski definition) is 2. The van der Waals surface area contributed by atoms with Crippen molar-refractivity contribution in [3.8, 4) is 5.88 Å². The second kappa shape index (κ2) is 10.5. The minimum absolute atomic E-state index is 0.351. The molecule has 2 unspecified atom stereocenters. The molecular formula is C31H41N3O3. The highest BCUT2D eigenvalue weighted by atomic mass is 16.5. The lowest BCUT2D eigenvalue weighted by atomic mass is 9.62. The highest BCUT2D eigenvalue weighted by Gasteiger charge is 2.55. The molecule has 1 aliphatic rings. The smallest absolute Gasteiger partial charge is 0.213 e. The molecule has 1 aliphatic heterocycles. The van der Waals surface area contributed by atoms with E-state index in [-0.39, 0.29) is 5.41 Å². The molecule has 1 fully saturated rings. The number of hydrogen-bond acceptors (Lipinski definition) is 6. The lowest BCUT2D eigenvalue weighted by molar-refractivity contribution is -0.127. The Labute approximate surface area is 221 Å². The molecule has 0 amide bonds. The minimum Gasteiger partial charge on any atom is -0.481 e. The second-order valence-corrected chi connectivity index (χ2v) is 11.3. The summed E-state index contributed by atoms with van der Waals surface area (Å²) in [4.78, 5) is 11.3. The molecule has 6 heteroatoms. The van der Waals surface area contributed by atoms with E-state index in [9.17, 15) is 10.2 Å². The van der Waals surface area contributed by atoms with Crippen molar-refractivity contribution in [1.29, 1.82) is 0 Å². The van der Waals surface area contributed by atoms with Gasteiger partial charge in [0.25, 0.3) is 0 Å². The van der Waals surface area contributed by atoms with Crippen molar-refractivity contribution in [3.63, 3.8) is 0 Å². The number of aromatic nitrogens is 2. The van der Waals surface area contributed by atoms with E-state index in [1.165, 1.54) is 5.56 Å². The molecule has 0 bridgehead atoms. The average molecular weight is 504 g/mol. The summed E-state index contributed by atoms with van der Waals surface area (Å²) in [6.07, 6.45) is 5.23. The van der Waals surface area contributed by atoms with E-state index in [4.69, 9.17) is 4.74 Å². The van der Waals surface area contributed by atoms with Crippen molar-refractivity contribution < 1.29 is 14.9 Å². The Kier molecular flexibility index (Phi) is 7.75. The summed E-state index contributed by atoms with van der Waals surface area (Å²) in [5.74, 6) is 0.911. The molecule has 0 spiro atoms. The van der Waals surface area contributed by atoms with Gasteiger partial charge in [0, 0.05) is 42.5 Å². The van der Waals surface area contributed by atoms with E-state index in [2.05, 4.69) is 73.0 Å². The Hall–Kier alpha value is -2.80. The van der Waals surface area contributed by atoms with Crippen LogP contribution in [0.3, 0.4) is 0 Å². The van der Waals surface area contributed by atoms with Gasteiger partial charge in [-0.3, -0.25) is 4.98 Å². The molecule has 2 atom stereocenters. The molecular weight excluding hydrogens is 462 g/mol. The molecule has 6 nitrogen and oxygen atoms in total. The van der Waals surface area contributed by atoms with Gasteiger partial charge in [0.2, 0.25) is 5.88 Å². The Morgan fingerprint density at radius 2 is 1.76 bits per heavy atom. The first kappa shape index (κ1) is 27.2. The average Bonchev–Trinajstić information content (AvgIpc) is 2.90. The molecule has 3 aromatic rings. The number of likely N-dealkylation sites (tertiary alicyclic amines) is 1. The molecule has 0 radical (unpaired) electrons. The third kappa shape index (κ3) is 5.15. The molecule has 1 aromatic carbocycles. The van der Waals surface area contributed by atoms with E-state index >= 15 is 0 Å². The van der Waals surface area contributed by atoms with Gasteiger partial charge >= 0.3 is 0 Å². The predicted octanol–water partition coefficient (Wildman–Crippen LogP) is 5.03. The molecule has 0 aliphatic carbocycles. The van der Waals surface area contributed by atoms with Crippen LogP contribution in [-0.2, 0) is 17.6 Å². The zero-order valence-electron chi connectivity index (χ0n) is 23.0. The molecule has 4 rings (SSSR count). The van der Waals surface area contributed by atoms with Gasteiger partial charge in [-0.15, -0.1) is 0 Å². The van der Waals surface area contributed by atoms with Crippen molar-refractivity contribution >= 4 is 0 Å². The molecule has 37 heavy (non-hydrogen) atoms. The van der Waals surface area contributed by atoms with Crippen LogP contribution >= 0.6 is 0 Å². The van der Waals surface area contributed by atoms with Crippen LogP contribution in [0.5, 0.6) is 5.88 Å². The monoisotopic (exact) mass is 503 g/mol. The maximum Gasteiger partial charge on any atom is 0.213 e. The lowest BCUT2D eigenvalue weighted by Crippen LogP contribution is -2.63. The van der Waals surface area contributed by atoms with Crippen molar-refractivity contribution in [2.24, 2.45) is 5.41 Å². The van der Waals surface area contributed by atoms with Crippen molar-refractivity contribution in [2.75, 3.05) is 27.2 Å². The number of aliphatic hydroxyl groups is 2. The van der Waals surface area contributed by atoms with Gasteiger partial charge in [-0.25, -0.2) is 4.98 Å². The van der Waals surface area contributed by atoms with Crippen LogP contribution in [0.25, 0.3) is 0 Å². The van der Waals surface area contributed by atoms with Crippen LogP contribution < -0.4 is 4.74 Å². The summed E-state index contributed by atoms with van der Waals surface area (Å²) >= 11 is 0. The number of rotatable bonds is 10. The lowest BCUT2D eigenvalue weighted by Gasteiger charge is -2.56. The summed E-state index contributed by atoms with van der Waals surface area (Å²) in [6.45, 7) is 10.0. The number of ether oxygens (including phenoxy) is 1. The van der Waals surface area contributed by atoms with E-state index in [0.717, 1.165) is 29.8 Å². The third-order valence-electron chi connectivity index (χ3n) is 8.14. The van der Waals surface area contributed by atoms with Crippen LogP contribution in [-0.4, -0.2) is 52.3 Å². The van der Waals surface area contributed by atoms with Crippen molar-refractivity contribution in [1.82, 2.24) is 14.9 Å². The van der Waals surface area contributed by atoms with Gasteiger partial charge in [-0.1, -0.05) is 58.0 Å². The van der Waals surface area contributed by atoms with Crippen LogP contribution in [0.2, 0.25) is 0 Å². The standard InChI is InChI=1S/C31H41N3O3/c1-7-30(35,27-9-8-10-28(33-27)37-6)16-15-23-17-26(19-32-18-23)31(36,29(4)20-34(5)21-29)25-13-11-24(12-14-25)22(2)3/h8-14,17-19,22,35-36H,7,15-16,20-21H2,1-6H3. The van der Waals surface area contributed by atoms with Crippen LogP contribution in [0.15, 0.2) is 60.9 Å². The highest BCUT2D eigenvalue weighted by Crippen LogP contribution is 2.50. The topological polar surface area (TPSA) is 78.7 Å². The summed E-state index contributed by atoms with van der Waals surface area (Å²) < 4.78 is 5.26. The van der Waals surface area contributed by atoms with Gasteiger partial charge in [-0.05, 0) is 61.1 Å². The molecule has 3 heterocycles. The normalized spacial score (nSPS) is 18.6. The first-order chi connectivity index (χ1) is 17.5. The van der Waals surface area contributed by atoms with Gasteiger partial charge in [-0.2, -0.15) is 0 Å². The molecule has 198 valence electrons. The van der Waals surface area contributed by atoms with Gasteiger partial charge in [0.15, 0.2) is 0 Å². The Bertz CT molecular complexity index is 1210. The third-order valence-corrected chi connectivity index (χ3v) is 8.14. The largest absolute Gasteiger partial charge is 0.481 e. The Morgan fingerprint density at radius 1 is 1.05 bits per heavy atom. The minimum atomic E-state index is -1.19. The summed E-state index contributed by atoms with van der Waals surface area (Å²) in [7, 11) is 3.66. The van der Waals surface area contributed by atoms with Crippen molar-refractivity contribution in [2.45, 2.75) is 64.1 Å². The first-order valence-corrected chi connectivity index (χ1v) is 13.2. The van der Waals surface area contributed by atoms with Crippen molar-refractivity contribution in [3.05, 3.63) is 88.9 Å². The SMILES string of the molecule is CCC(O)(CCc1cncc(C(O)(c2ccc(C(C)C)cc2)C2(C)CN(C)C2)c1)c1cccc(OC)n1. The maximum atomic E-state index is 12.5. The summed E-state index contributed by atoms with van der Waals surface area (Å²) in [6, 6.07) is 15.9. The zero-order chi connectivity index (χ0) is 26.8. The fourth-order valence-electron chi connectivity index (χ4n) is 5.79. The van der Waals surface area contributed by atoms with E-state index in [1.807, 2.05) is 25.3 Å². The van der Waals surface area contributed by atoms with Crippen LogP contribution in [0.1, 0.15) is 74.4 Å². The van der Waals surface area contributed by atoms with Gasteiger partial charge in [0.1, 0.15) is 11.2 Å². The molecule has 2 aromatic heterocycles. The maximum absolute atomic E-state index is 12.5. The first-order valence-electron chi connectivity index (χ1n) is 13.2. The number of aryl methyl sites for hydroxylation is 1. The number of benzene rings is 1. The zero-order valence-corrected chi connectivity index (χ0v) is 23.0. The fraction of sp³-hybridized carbons (Fsp3) is 0.484. The second-order valence-electron chi connectivity index (χ2n) is 11.3. The summed E-state index contributed by atoms with van der Waals surface area (Å²) in [5.41, 5.74) is 1.87. The van der Waals surface area contributed by atoms with Crippen LogP contribution in [0, 0.1) is 5.41 Å². The quantitative estimate of drug-likeness (QED) is 0.404. The molecule has 2 N–H and O–H groups in total. The fourth-order valence-corrected chi connectivity index (χ4v) is 5.79. The summed E-state index contributed by atoms with van der Waals surface area (Å²) in [5, 5.41) is 23.9. The van der Waals surface area contributed by atoms with E-state index in [0.29, 0.717) is 36.8 Å². The Morgan fingerprint density at radius 3 is 2.35 bits per heavy atom. The predicted molar refractivity (Wildman–Crippen MR) is 147 cm³/mol. The van der Waals surface area contributed by atoms with E-state index < -0.39 is 11.2 Å².